The smallest absolute Gasteiger partial charge is 0.257 e. The maximum Gasteiger partial charge on any atom is 0.257 e. The summed E-state index contributed by atoms with van der Waals surface area (Å²) in [6.07, 6.45) is 3.74. The van der Waals surface area contributed by atoms with Gasteiger partial charge in [-0.1, -0.05) is 18.7 Å². The van der Waals surface area contributed by atoms with Gasteiger partial charge in [-0.25, -0.2) is 0 Å². The first kappa shape index (κ1) is 21.0. The first-order valence-electron chi connectivity index (χ1n) is 9.90. The lowest BCUT2D eigenvalue weighted by molar-refractivity contribution is 0.0505. The molecule has 2 heterocycles. The van der Waals surface area contributed by atoms with Crippen LogP contribution in [0.1, 0.15) is 40.3 Å². The van der Waals surface area contributed by atoms with E-state index < -0.39 is 0 Å². The molecular weight excluding hydrogens is 370 g/mol. The molecule has 156 valence electrons. The highest BCUT2D eigenvalue weighted by Crippen LogP contribution is 2.29. The van der Waals surface area contributed by atoms with Crippen LogP contribution in [-0.2, 0) is 11.3 Å². The van der Waals surface area contributed by atoms with E-state index in [-0.39, 0.29) is 12.0 Å². The summed E-state index contributed by atoms with van der Waals surface area (Å²) < 4.78 is 22.4. The van der Waals surface area contributed by atoms with Crippen molar-refractivity contribution in [2.75, 3.05) is 26.9 Å². The van der Waals surface area contributed by atoms with Gasteiger partial charge in [0.15, 0.2) is 11.5 Å². The van der Waals surface area contributed by atoms with Crippen LogP contribution in [0.2, 0.25) is 0 Å². The Balaban J connectivity index is 1.83. The lowest BCUT2D eigenvalue weighted by atomic mass is 10.1. The van der Waals surface area contributed by atoms with Gasteiger partial charge in [0.05, 0.1) is 18.8 Å². The van der Waals surface area contributed by atoms with Crippen molar-refractivity contribution in [3.05, 3.63) is 59.6 Å². The van der Waals surface area contributed by atoms with E-state index in [1.807, 2.05) is 36.9 Å². The Labute approximate surface area is 172 Å². The van der Waals surface area contributed by atoms with Gasteiger partial charge < -0.3 is 23.5 Å². The maximum atomic E-state index is 13.3. The number of nitrogens with zero attached hydrogens (tertiary/aromatic N) is 1. The highest BCUT2D eigenvalue weighted by Gasteiger charge is 2.26. The Kier molecular flexibility index (Phi) is 6.99. The molecule has 1 amide bonds. The molecule has 29 heavy (non-hydrogen) atoms. The van der Waals surface area contributed by atoms with Crippen LogP contribution in [0.15, 0.2) is 41.3 Å². The lowest BCUT2D eigenvalue weighted by Gasteiger charge is -2.26. The van der Waals surface area contributed by atoms with Gasteiger partial charge in [-0.3, -0.25) is 4.79 Å². The van der Waals surface area contributed by atoms with E-state index in [0.29, 0.717) is 42.5 Å². The number of carbonyl (C=O) groups is 1. The molecular formula is C23H29NO5. The van der Waals surface area contributed by atoms with Crippen LogP contribution in [-0.4, -0.2) is 43.8 Å². The van der Waals surface area contributed by atoms with Crippen molar-refractivity contribution >= 4 is 5.91 Å². The number of benzene rings is 1. The van der Waals surface area contributed by atoms with Crippen molar-refractivity contribution in [2.45, 2.75) is 39.3 Å². The normalized spacial score (nSPS) is 15.9. The zero-order chi connectivity index (χ0) is 20.8. The number of furan rings is 1. The number of ether oxygens (including phenoxy) is 3. The largest absolute Gasteiger partial charge is 0.493 e. The summed E-state index contributed by atoms with van der Waals surface area (Å²) in [5.74, 6) is 2.59. The van der Waals surface area contributed by atoms with Crippen molar-refractivity contribution in [2.24, 2.45) is 0 Å². The SMILES string of the molecule is C=CCOc1ccc(CN(C[C@@H]2CCCO2)C(=O)c2cc(C)oc2C)cc1OC. The van der Waals surface area contributed by atoms with E-state index in [4.69, 9.17) is 18.6 Å². The molecule has 6 heteroatoms. The predicted octanol–water partition coefficient (Wildman–Crippen LogP) is 4.29. The summed E-state index contributed by atoms with van der Waals surface area (Å²) in [7, 11) is 1.60. The van der Waals surface area contributed by atoms with Crippen molar-refractivity contribution in [1.82, 2.24) is 4.90 Å². The molecule has 1 aliphatic rings. The molecule has 1 fully saturated rings. The molecule has 1 aromatic heterocycles. The molecule has 0 unspecified atom stereocenters. The summed E-state index contributed by atoms with van der Waals surface area (Å²) in [6.45, 7) is 9.47. The lowest BCUT2D eigenvalue weighted by Crippen LogP contribution is -2.37. The molecule has 3 rings (SSSR count). The molecule has 0 N–H and O–H groups in total. The number of hydrogen-bond donors (Lipinski definition) is 0. The average Bonchev–Trinajstić information content (AvgIpc) is 3.34. The van der Waals surface area contributed by atoms with Crippen molar-refractivity contribution in [3.8, 4) is 11.5 Å². The fourth-order valence-electron chi connectivity index (χ4n) is 3.57. The quantitative estimate of drug-likeness (QED) is 0.589. The zero-order valence-corrected chi connectivity index (χ0v) is 17.4. The third-order valence-corrected chi connectivity index (χ3v) is 4.96. The fourth-order valence-corrected chi connectivity index (χ4v) is 3.57. The molecule has 0 aliphatic carbocycles. The maximum absolute atomic E-state index is 13.3. The molecule has 1 aromatic carbocycles. The molecule has 1 aliphatic heterocycles. The van der Waals surface area contributed by atoms with Crippen LogP contribution in [0.25, 0.3) is 0 Å². The van der Waals surface area contributed by atoms with E-state index in [1.54, 1.807) is 19.3 Å². The fraction of sp³-hybridized carbons (Fsp3) is 0.435. The number of aryl methyl sites for hydroxylation is 2. The van der Waals surface area contributed by atoms with E-state index in [2.05, 4.69) is 6.58 Å². The summed E-state index contributed by atoms with van der Waals surface area (Å²) in [6, 6.07) is 7.51. The minimum Gasteiger partial charge on any atom is -0.493 e. The second-order valence-corrected chi connectivity index (χ2v) is 7.23. The molecule has 0 bridgehead atoms. The molecule has 0 radical (unpaired) electrons. The summed E-state index contributed by atoms with van der Waals surface area (Å²) in [5.41, 5.74) is 1.55. The highest BCUT2D eigenvalue weighted by atomic mass is 16.5. The minimum atomic E-state index is -0.0548. The van der Waals surface area contributed by atoms with Gasteiger partial charge in [0.25, 0.3) is 5.91 Å². The third kappa shape index (κ3) is 5.21. The standard InChI is InChI=1S/C23H29NO5/c1-5-10-28-21-9-8-18(13-22(21)26-4)14-24(15-19-7-6-11-27-19)23(25)20-12-16(2)29-17(20)3/h5,8-9,12-13,19H,1,6-7,10-11,14-15H2,2-4H3/t19-/m0/s1. The number of carbonyl (C=O) groups excluding carboxylic acids is 1. The van der Waals surface area contributed by atoms with E-state index in [9.17, 15) is 4.79 Å². The third-order valence-electron chi connectivity index (χ3n) is 4.96. The second kappa shape index (κ2) is 9.65. The Hall–Kier alpha value is -2.73. The summed E-state index contributed by atoms with van der Waals surface area (Å²) >= 11 is 0. The number of hydrogen-bond acceptors (Lipinski definition) is 5. The van der Waals surface area contributed by atoms with Gasteiger partial charge in [0, 0.05) is 19.7 Å². The van der Waals surface area contributed by atoms with Crippen LogP contribution in [0.4, 0.5) is 0 Å². The van der Waals surface area contributed by atoms with Gasteiger partial charge in [0.2, 0.25) is 0 Å². The first-order valence-corrected chi connectivity index (χ1v) is 9.90. The predicted molar refractivity (Wildman–Crippen MR) is 111 cm³/mol. The van der Waals surface area contributed by atoms with Crippen LogP contribution in [0, 0.1) is 13.8 Å². The van der Waals surface area contributed by atoms with E-state index in [0.717, 1.165) is 30.8 Å². The van der Waals surface area contributed by atoms with Crippen LogP contribution < -0.4 is 9.47 Å². The van der Waals surface area contributed by atoms with Gasteiger partial charge in [-0.2, -0.15) is 0 Å². The number of amides is 1. The second-order valence-electron chi connectivity index (χ2n) is 7.23. The molecule has 2 aromatic rings. The topological polar surface area (TPSA) is 61.1 Å². The summed E-state index contributed by atoms with van der Waals surface area (Å²) in [4.78, 5) is 15.1. The van der Waals surface area contributed by atoms with Crippen molar-refractivity contribution in [3.63, 3.8) is 0 Å². The molecule has 1 saturated heterocycles. The van der Waals surface area contributed by atoms with E-state index >= 15 is 0 Å². The van der Waals surface area contributed by atoms with Gasteiger partial charge in [0.1, 0.15) is 18.1 Å². The van der Waals surface area contributed by atoms with Crippen molar-refractivity contribution in [1.29, 1.82) is 0 Å². The Morgan fingerprint density at radius 1 is 1.31 bits per heavy atom. The van der Waals surface area contributed by atoms with Gasteiger partial charge in [-0.15, -0.1) is 0 Å². The first-order chi connectivity index (χ1) is 14.0. The highest BCUT2D eigenvalue weighted by molar-refractivity contribution is 5.95. The van der Waals surface area contributed by atoms with E-state index in [1.165, 1.54) is 0 Å². The number of methoxy groups -OCH3 is 1. The Morgan fingerprint density at radius 3 is 2.76 bits per heavy atom. The van der Waals surface area contributed by atoms with Gasteiger partial charge >= 0.3 is 0 Å². The Bertz CT molecular complexity index is 851. The molecule has 0 spiro atoms. The Morgan fingerprint density at radius 2 is 2.14 bits per heavy atom. The molecule has 1 atom stereocenters. The minimum absolute atomic E-state index is 0.0548. The summed E-state index contributed by atoms with van der Waals surface area (Å²) in [5, 5.41) is 0. The van der Waals surface area contributed by atoms with Crippen molar-refractivity contribution < 1.29 is 23.4 Å². The average molecular weight is 399 g/mol. The molecule has 6 nitrogen and oxygen atoms in total. The zero-order valence-electron chi connectivity index (χ0n) is 17.4. The van der Waals surface area contributed by atoms with Crippen LogP contribution in [0.5, 0.6) is 11.5 Å². The van der Waals surface area contributed by atoms with Crippen LogP contribution in [0.3, 0.4) is 0 Å². The molecule has 0 saturated carbocycles. The van der Waals surface area contributed by atoms with Crippen LogP contribution >= 0.6 is 0 Å². The monoisotopic (exact) mass is 399 g/mol. The number of rotatable bonds is 9. The van der Waals surface area contributed by atoms with Gasteiger partial charge in [-0.05, 0) is 50.5 Å².